The van der Waals surface area contributed by atoms with E-state index in [1.165, 1.54) is 30.5 Å². The fraction of sp³-hybridized carbons (Fsp3) is 0.0909. The molecule has 6 nitrogen and oxygen atoms in total. The second-order valence-corrected chi connectivity index (χ2v) is 4.16. The van der Waals surface area contributed by atoms with Gasteiger partial charge in [0.1, 0.15) is 24.2 Å². The normalized spacial score (nSPS) is 11.1. The van der Waals surface area contributed by atoms with E-state index in [0.717, 1.165) is 0 Å². The Kier molecular flexibility index (Phi) is 4.10. The van der Waals surface area contributed by atoms with Gasteiger partial charge in [-0.05, 0) is 24.5 Å². The Balaban J connectivity index is 2.40. The minimum Gasteiger partial charge on any atom is -0.288 e. The molecule has 96 valence electrons. The van der Waals surface area contributed by atoms with Crippen LogP contribution in [-0.4, -0.2) is 26.2 Å². The van der Waals surface area contributed by atoms with Crippen LogP contribution >= 0.6 is 11.8 Å². The van der Waals surface area contributed by atoms with E-state index < -0.39 is 5.82 Å². The molecule has 0 bridgehead atoms. The Labute approximate surface area is 113 Å². The van der Waals surface area contributed by atoms with Crippen LogP contribution < -0.4 is 5.32 Å². The summed E-state index contributed by atoms with van der Waals surface area (Å²) in [6.45, 7) is 0. The Morgan fingerprint density at radius 3 is 2.84 bits per heavy atom. The van der Waals surface area contributed by atoms with Gasteiger partial charge in [0.05, 0.1) is 5.69 Å². The molecule has 0 amide bonds. The first-order chi connectivity index (χ1) is 9.24. The zero-order valence-electron chi connectivity index (χ0n) is 9.91. The molecule has 19 heavy (non-hydrogen) atoms. The largest absolute Gasteiger partial charge is 0.288 e. The number of halogens is 1. The van der Waals surface area contributed by atoms with Crippen molar-refractivity contribution < 1.29 is 4.39 Å². The average Bonchev–Trinajstić information content (AvgIpc) is 2.94. The topological polar surface area (TPSA) is 78.9 Å². The van der Waals surface area contributed by atoms with Crippen molar-refractivity contribution in [1.82, 2.24) is 20.1 Å². The van der Waals surface area contributed by atoms with Crippen molar-refractivity contribution in [3.8, 4) is 11.9 Å². The number of thioether (sulfide) groups is 1. The van der Waals surface area contributed by atoms with E-state index in [1.54, 1.807) is 29.1 Å². The number of aromatic nitrogens is 3. The predicted octanol–water partition coefficient (Wildman–Crippen LogP) is 1.83. The third kappa shape index (κ3) is 3.08. The van der Waals surface area contributed by atoms with E-state index in [9.17, 15) is 4.39 Å². The monoisotopic (exact) mass is 276 g/mol. The molecule has 0 aliphatic heterocycles. The van der Waals surface area contributed by atoms with Gasteiger partial charge in [-0.3, -0.25) is 9.88 Å². The van der Waals surface area contributed by atoms with Crippen LogP contribution in [0.2, 0.25) is 0 Å². The molecule has 0 saturated carbocycles. The standard InChI is InChI=1S/C11H9FN6S/c1-19-11(14-5-13)17-10-4-8(2-3-9(10)12)18-6-15-16-7-18/h2-4,6-7H,1H3,(H,14,17). The van der Waals surface area contributed by atoms with Crippen LogP contribution in [0.25, 0.3) is 5.69 Å². The van der Waals surface area contributed by atoms with Gasteiger partial charge >= 0.3 is 0 Å². The van der Waals surface area contributed by atoms with Crippen molar-refractivity contribution in [2.24, 2.45) is 4.99 Å². The van der Waals surface area contributed by atoms with Gasteiger partial charge in [0.25, 0.3) is 0 Å². The van der Waals surface area contributed by atoms with E-state index in [1.807, 2.05) is 0 Å². The molecular formula is C11H9FN6S. The maximum atomic E-state index is 13.7. The van der Waals surface area contributed by atoms with E-state index in [4.69, 9.17) is 5.26 Å². The number of rotatable bonds is 2. The average molecular weight is 276 g/mol. The second-order valence-electron chi connectivity index (χ2n) is 3.36. The van der Waals surface area contributed by atoms with Crippen molar-refractivity contribution in [2.45, 2.75) is 0 Å². The van der Waals surface area contributed by atoms with Crippen LogP contribution in [0.3, 0.4) is 0 Å². The van der Waals surface area contributed by atoms with Gasteiger partial charge in [-0.25, -0.2) is 9.38 Å². The summed E-state index contributed by atoms with van der Waals surface area (Å²) in [5.74, 6) is -0.469. The summed E-state index contributed by atoms with van der Waals surface area (Å²) < 4.78 is 15.3. The van der Waals surface area contributed by atoms with Crippen molar-refractivity contribution >= 4 is 22.6 Å². The van der Waals surface area contributed by atoms with Crippen molar-refractivity contribution in [3.05, 3.63) is 36.7 Å². The summed E-state index contributed by atoms with van der Waals surface area (Å²) in [5.41, 5.74) is 0.820. The van der Waals surface area contributed by atoms with Crippen LogP contribution in [0.1, 0.15) is 0 Å². The van der Waals surface area contributed by atoms with Gasteiger partial charge < -0.3 is 0 Å². The fourth-order valence-electron chi connectivity index (χ4n) is 1.36. The highest BCUT2D eigenvalue weighted by molar-refractivity contribution is 8.13. The van der Waals surface area contributed by atoms with Gasteiger partial charge in [0, 0.05) is 0 Å². The predicted molar refractivity (Wildman–Crippen MR) is 70.7 cm³/mol. The number of aliphatic imine (C=N–C) groups is 1. The quantitative estimate of drug-likeness (QED) is 0.392. The summed E-state index contributed by atoms with van der Waals surface area (Å²) in [5, 5.41) is 18.6. The van der Waals surface area contributed by atoms with Crippen molar-refractivity contribution in [2.75, 3.05) is 6.26 Å². The Hall–Kier alpha value is -2.40. The number of nitrogens with one attached hydrogen (secondary N) is 1. The van der Waals surface area contributed by atoms with E-state index in [0.29, 0.717) is 10.9 Å². The summed E-state index contributed by atoms with van der Waals surface area (Å²) in [6, 6.07) is 4.45. The molecule has 1 aromatic heterocycles. The summed E-state index contributed by atoms with van der Waals surface area (Å²) >= 11 is 1.22. The van der Waals surface area contributed by atoms with Gasteiger partial charge in [0.15, 0.2) is 11.4 Å². The molecule has 2 aromatic rings. The van der Waals surface area contributed by atoms with Crippen LogP contribution in [0.5, 0.6) is 0 Å². The third-order valence-corrected chi connectivity index (χ3v) is 2.80. The van der Waals surface area contributed by atoms with Crippen molar-refractivity contribution in [3.63, 3.8) is 0 Å². The van der Waals surface area contributed by atoms with Crippen LogP contribution in [0.4, 0.5) is 10.1 Å². The molecule has 1 N–H and O–H groups in total. The molecular weight excluding hydrogens is 267 g/mol. The van der Waals surface area contributed by atoms with Crippen LogP contribution in [0, 0.1) is 17.3 Å². The molecule has 0 aliphatic rings. The Morgan fingerprint density at radius 2 is 2.21 bits per heavy atom. The number of hydrogen-bond donors (Lipinski definition) is 1. The lowest BCUT2D eigenvalue weighted by atomic mass is 10.2. The van der Waals surface area contributed by atoms with Crippen molar-refractivity contribution in [1.29, 1.82) is 5.26 Å². The lowest BCUT2D eigenvalue weighted by Crippen LogP contribution is -2.12. The Bertz CT molecular complexity index is 631. The molecule has 0 fully saturated rings. The fourth-order valence-corrected chi connectivity index (χ4v) is 1.70. The maximum Gasteiger partial charge on any atom is 0.183 e. The number of amidine groups is 1. The minimum absolute atomic E-state index is 0.137. The first-order valence-electron chi connectivity index (χ1n) is 5.17. The van der Waals surface area contributed by atoms with E-state index in [2.05, 4.69) is 20.5 Å². The summed E-state index contributed by atoms with van der Waals surface area (Å²) in [7, 11) is 0. The summed E-state index contributed by atoms with van der Waals surface area (Å²) in [6.07, 6.45) is 6.50. The first kappa shape index (κ1) is 13.0. The van der Waals surface area contributed by atoms with E-state index >= 15 is 0 Å². The highest BCUT2D eigenvalue weighted by atomic mass is 32.2. The maximum absolute atomic E-state index is 13.7. The zero-order chi connectivity index (χ0) is 13.7. The van der Waals surface area contributed by atoms with Gasteiger partial charge in [-0.15, -0.1) is 10.2 Å². The Morgan fingerprint density at radius 1 is 1.47 bits per heavy atom. The minimum atomic E-state index is -0.469. The van der Waals surface area contributed by atoms with Gasteiger partial charge in [-0.1, -0.05) is 11.8 Å². The van der Waals surface area contributed by atoms with Gasteiger partial charge in [0.2, 0.25) is 0 Å². The number of nitriles is 1. The molecule has 2 rings (SSSR count). The first-order valence-corrected chi connectivity index (χ1v) is 6.39. The molecule has 1 aromatic carbocycles. The molecule has 8 heteroatoms. The second kappa shape index (κ2) is 5.97. The smallest absolute Gasteiger partial charge is 0.183 e. The highest BCUT2D eigenvalue weighted by Gasteiger charge is 2.06. The molecule has 0 spiro atoms. The molecule has 1 heterocycles. The molecule has 0 radical (unpaired) electrons. The summed E-state index contributed by atoms with van der Waals surface area (Å²) in [4.78, 5) is 4.05. The SMILES string of the molecule is CSC(=Nc1cc(-n2cnnc2)ccc1F)NC#N. The van der Waals surface area contributed by atoms with Gasteiger partial charge in [-0.2, -0.15) is 5.26 Å². The molecule has 0 unspecified atom stereocenters. The third-order valence-electron chi connectivity index (χ3n) is 2.22. The highest BCUT2D eigenvalue weighted by Crippen LogP contribution is 2.22. The number of benzene rings is 1. The number of hydrogen-bond acceptors (Lipinski definition) is 5. The lowest BCUT2D eigenvalue weighted by molar-refractivity contribution is 0.629. The van der Waals surface area contributed by atoms with Crippen LogP contribution in [0.15, 0.2) is 35.8 Å². The lowest BCUT2D eigenvalue weighted by Gasteiger charge is -2.05. The zero-order valence-corrected chi connectivity index (χ0v) is 10.7. The molecule has 0 aliphatic carbocycles. The number of nitrogens with zero attached hydrogens (tertiary/aromatic N) is 5. The van der Waals surface area contributed by atoms with E-state index in [-0.39, 0.29) is 5.69 Å². The molecule has 0 atom stereocenters. The van der Waals surface area contributed by atoms with Crippen LogP contribution in [-0.2, 0) is 0 Å². The molecule has 0 saturated heterocycles.